The number of carbonyl (C=O) groups is 1. The maximum atomic E-state index is 12.7. The van der Waals surface area contributed by atoms with E-state index in [4.69, 9.17) is 4.74 Å². The van der Waals surface area contributed by atoms with Crippen molar-refractivity contribution in [1.82, 2.24) is 5.32 Å². The largest absolute Gasteiger partial charge is 0.481 e. The molecular formula is C24H27NO2. The summed E-state index contributed by atoms with van der Waals surface area (Å²) in [6.45, 7) is 8.15. The van der Waals surface area contributed by atoms with Crippen molar-refractivity contribution in [2.24, 2.45) is 0 Å². The van der Waals surface area contributed by atoms with Gasteiger partial charge in [-0.25, -0.2) is 0 Å². The van der Waals surface area contributed by atoms with Crippen LogP contribution in [-0.2, 0) is 4.79 Å². The number of hydrogen-bond donors (Lipinski definition) is 1. The maximum absolute atomic E-state index is 12.7. The molecule has 3 nitrogen and oxygen atoms in total. The number of nitrogens with one attached hydrogen (secondary N) is 1. The summed E-state index contributed by atoms with van der Waals surface area (Å²) in [5.74, 6) is 0.630. The first kappa shape index (κ1) is 19.0. The van der Waals surface area contributed by atoms with E-state index in [1.807, 2.05) is 50.2 Å². The van der Waals surface area contributed by atoms with Crippen LogP contribution >= 0.6 is 0 Å². The molecular weight excluding hydrogens is 334 g/mol. The highest BCUT2D eigenvalue weighted by Gasteiger charge is 2.21. The fraction of sp³-hybridized carbons (Fsp3) is 0.292. The van der Waals surface area contributed by atoms with Gasteiger partial charge in [0.15, 0.2) is 6.10 Å². The Balaban J connectivity index is 1.70. The van der Waals surface area contributed by atoms with Crippen LogP contribution in [0, 0.1) is 13.8 Å². The Morgan fingerprint density at radius 1 is 0.963 bits per heavy atom. The second-order valence-corrected chi connectivity index (χ2v) is 7.10. The predicted octanol–water partition coefficient (Wildman–Crippen LogP) is 5.49. The van der Waals surface area contributed by atoms with Crippen LogP contribution in [0.3, 0.4) is 0 Å². The average Bonchev–Trinajstić information content (AvgIpc) is 2.67. The van der Waals surface area contributed by atoms with Gasteiger partial charge in [-0.05, 0) is 66.8 Å². The first-order chi connectivity index (χ1) is 13.0. The van der Waals surface area contributed by atoms with Crippen LogP contribution in [0.2, 0.25) is 0 Å². The molecule has 2 atom stereocenters. The molecule has 3 rings (SSSR count). The molecule has 0 aromatic heterocycles. The Morgan fingerprint density at radius 2 is 1.70 bits per heavy atom. The lowest BCUT2D eigenvalue weighted by atomic mass is 10.0. The lowest BCUT2D eigenvalue weighted by Gasteiger charge is -2.21. The number of ether oxygens (including phenoxy) is 1. The minimum Gasteiger partial charge on any atom is -0.481 e. The maximum Gasteiger partial charge on any atom is 0.261 e. The third kappa shape index (κ3) is 4.48. The van der Waals surface area contributed by atoms with Crippen LogP contribution in [0.15, 0.2) is 60.7 Å². The first-order valence-electron chi connectivity index (χ1n) is 9.51. The molecule has 0 radical (unpaired) electrons. The zero-order valence-corrected chi connectivity index (χ0v) is 16.5. The van der Waals surface area contributed by atoms with Crippen LogP contribution in [0.1, 0.15) is 43.0 Å². The Labute approximate surface area is 161 Å². The molecule has 0 unspecified atom stereocenters. The monoisotopic (exact) mass is 361 g/mol. The van der Waals surface area contributed by atoms with Gasteiger partial charge >= 0.3 is 0 Å². The van der Waals surface area contributed by atoms with Gasteiger partial charge < -0.3 is 10.1 Å². The third-order valence-corrected chi connectivity index (χ3v) is 5.05. The topological polar surface area (TPSA) is 38.3 Å². The van der Waals surface area contributed by atoms with E-state index in [1.165, 1.54) is 11.1 Å². The summed E-state index contributed by atoms with van der Waals surface area (Å²) in [6.07, 6.45) is 0.0957. The molecule has 0 fully saturated rings. The number of benzene rings is 3. The van der Waals surface area contributed by atoms with E-state index in [0.29, 0.717) is 6.42 Å². The van der Waals surface area contributed by atoms with Crippen LogP contribution in [0.5, 0.6) is 5.75 Å². The fourth-order valence-electron chi connectivity index (χ4n) is 3.15. The van der Waals surface area contributed by atoms with Crippen molar-refractivity contribution < 1.29 is 9.53 Å². The minimum absolute atomic E-state index is 0.0638. The Hall–Kier alpha value is -2.81. The molecule has 0 spiro atoms. The van der Waals surface area contributed by atoms with E-state index < -0.39 is 6.10 Å². The van der Waals surface area contributed by atoms with Crippen LogP contribution < -0.4 is 10.1 Å². The summed E-state index contributed by atoms with van der Waals surface area (Å²) in [6, 6.07) is 20.3. The molecule has 0 aliphatic rings. The standard InChI is InChI=1S/C24H27NO2/c1-5-23(27-22-13-12-19-8-6-7-9-21(19)15-22)24(26)25-18(4)20-11-10-16(2)17(3)14-20/h6-15,18,23H,5H2,1-4H3,(H,25,26)/t18-,23+/m0/s1. The van der Waals surface area contributed by atoms with Gasteiger partial charge in [-0.15, -0.1) is 0 Å². The summed E-state index contributed by atoms with van der Waals surface area (Å²) in [5.41, 5.74) is 3.59. The zero-order chi connectivity index (χ0) is 19.4. The first-order valence-corrected chi connectivity index (χ1v) is 9.51. The molecule has 140 valence electrons. The van der Waals surface area contributed by atoms with E-state index in [1.54, 1.807) is 0 Å². The molecule has 3 aromatic rings. The normalized spacial score (nSPS) is 13.2. The fourth-order valence-corrected chi connectivity index (χ4v) is 3.15. The molecule has 27 heavy (non-hydrogen) atoms. The number of amides is 1. The predicted molar refractivity (Wildman–Crippen MR) is 111 cm³/mol. The smallest absolute Gasteiger partial charge is 0.261 e. The van der Waals surface area contributed by atoms with E-state index >= 15 is 0 Å². The highest BCUT2D eigenvalue weighted by atomic mass is 16.5. The molecule has 0 saturated heterocycles. The highest BCUT2D eigenvalue weighted by molar-refractivity contribution is 5.84. The molecule has 0 aliphatic heterocycles. The second kappa shape index (κ2) is 8.26. The van der Waals surface area contributed by atoms with Crippen molar-refractivity contribution >= 4 is 16.7 Å². The van der Waals surface area contributed by atoms with Gasteiger partial charge in [0, 0.05) is 0 Å². The van der Waals surface area contributed by atoms with E-state index in [-0.39, 0.29) is 11.9 Å². The van der Waals surface area contributed by atoms with Gasteiger partial charge in [0.25, 0.3) is 5.91 Å². The second-order valence-electron chi connectivity index (χ2n) is 7.10. The number of carbonyl (C=O) groups excluding carboxylic acids is 1. The number of hydrogen-bond acceptors (Lipinski definition) is 2. The van der Waals surface area contributed by atoms with E-state index in [0.717, 1.165) is 22.1 Å². The number of fused-ring (bicyclic) bond motifs is 1. The van der Waals surface area contributed by atoms with Gasteiger partial charge in [0.1, 0.15) is 5.75 Å². The Kier molecular flexibility index (Phi) is 5.80. The summed E-state index contributed by atoms with van der Waals surface area (Å²) in [5, 5.41) is 5.35. The molecule has 1 amide bonds. The number of rotatable bonds is 6. The average molecular weight is 361 g/mol. The van der Waals surface area contributed by atoms with E-state index in [9.17, 15) is 4.79 Å². The van der Waals surface area contributed by atoms with Gasteiger partial charge in [-0.3, -0.25) is 4.79 Å². The van der Waals surface area contributed by atoms with E-state index in [2.05, 4.69) is 43.4 Å². The molecule has 0 bridgehead atoms. The molecule has 3 heteroatoms. The summed E-state index contributed by atoms with van der Waals surface area (Å²) < 4.78 is 6.00. The molecule has 1 N–H and O–H groups in total. The van der Waals surface area contributed by atoms with Gasteiger partial charge in [0.2, 0.25) is 0 Å². The van der Waals surface area contributed by atoms with Gasteiger partial charge in [0.05, 0.1) is 6.04 Å². The SMILES string of the molecule is CC[C@@H](Oc1ccc2ccccc2c1)C(=O)N[C@@H](C)c1ccc(C)c(C)c1. The molecule has 0 saturated carbocycles. The minimum atomic E-state index is -0.514. The third-order valence-electron chi connectivity index (χ3n) is 5.05. The van der Waals surface area contributed by atoms with Gasteiger partial charge in [-0.1, -0.05) is 55.5 Å². The van der Waals surface area contributed by atoms with Crippen LogP contribution in [-0.4, -0.2) is 12.0 Å². The Morgan fingerprint density at radius 3 is 2.41 bits per heavy atom. The Bertz CT molecular complexity index is 948. The molecule has 3 aromatic carbocycles. The lowest BCUT2D eigenvalue weighted by molar-refractivity contribution is -0.128. The van der Waals surface area contributed by atoms with Crippen molar-refractivity contribution in [2.45, 2.75) is 46.3 Å². The van der Waals surface area contributed by atoms with Crippen LogP contribution in [0.4, 0.5) is 0 Å². The number of aryl methyl sites for hydroxylation is 2. The summed E-state index contributed by atoms with van der Waals surface area (Å²) >= 11 is 0. The molecule has 0 heterocycles. The van der Waals surface area contributed by atoms with Crippen LogP contribution in [0.25, 0.3) is 10.8 Å². The van der Waals surface area contributed by atoms with Crippen molar-refractivity contribution in [1.29, 1.82) is 0 Å². The van der Waals surface area contributed by atoms with Crippen molar-refractivity contribution in [3.8, 4) is 5.75 Å². The van der Waals surface area contributed by atoms with Crippen molar-refractivity contribution in [2.75, 3.05) is 0 Å². The van der Waals surface area contributed by atoms with Crippen molar-refractivity contribution in [3.05, 3.63) is 77.4 Å². The molecule has 0 aliphatic carbocycles. The quantitative estimate of drug-likeness (QED) is 0.630. The van der Waals surface area contributed by atoms with Gasteiger partial charge in [-0.2, -0.15) is 0 Å². The summed E-state index contributed by atoms with van der Waals surface area (Å²) in [7, 11) is 0. The summed E-state index contributed by atoms with van der Waals surface area (Å²) in [4.78, 5) is 12.7. The lowest BCUT2D eigenvalue weighted by Crippen LogP contribution is -2.39. The zero-order valence-electron chi connectivity index (χ0n) is 16.5. The highest BCUT2D eigenvalue weighted by Crippen LogP contribution is 2.23. The van der Waals surface area contributed by atoms with Crippen molar-refractivity contribution in [3.63, 3.8) is 0 Å².